The second-order valence-corrected chi connectivity index (χ2v) is 11.9. The molecule has 43 heavy (non-hydrogen) atoms. The van der Waals surface area contributed by atoms with Crippen LogP contribution < -0.4 is 0 Å². The number of rotatable bonds is 8. The third kappa shape index (κ3) is 5.72. The molecule has 3 aliphatic rings. The van der Waals surface area contributed by atoms with Gasteiger partial charge in [0.2, 0.25) is 0 Å². The van der Waals surface area contributed by atoms with Crippen LogP contribution >= 0.6 is 0 Å². The lowest BCUT2D eigenvalue weighted by Crippen LogP contribution is -2.72. The molecule has 0 aromatic heterocycles. The minimum Gasteiger partial charge on any atom is -0.455 e. The van der Waals surface area contributed by atoms with Crippen LogP contribution in [0.2, 0.25) is 0 Å². The molecule has 9 heteroatoms. The largest absolute Gasteiger partial charge is 0.455 e. The van der Waals surface area contributed by atoms with E-state index in [2.05, 4.69) is 0 Å². The van der Waals surface area contributed by atoms with Crippen LogP contribution in [-0.2, 0) is 33.3 Å². The summed E-state index contributed by atoms with van der Waals surface area (Å²) in [7, 11) is 0. The number of Topliss-reactive ketones (excluding diaryl/α,β-unsaturated/α-hetero) is 1. The number of carbonyl (C=O) groups is 4. The first-order valence-corrected chi connectivity index (χ1v) is 14.9. The molecule has 1 N–H and O–H groups in total. The molecule has 1 aromatic carbocycles. The van der Waals surface area contributed by atoms with E-state index in [1.807, 2.05) is 6.92 Å². The molecule has 1 heterocycles. The molecule has 1 saturated heterocycles. The number of esters is 3. The van der Waals surface area contributed by atoms with Crippen molar-refractivity contribution >= 4 is 23.7 Å². The van der Waals surface area contributed by atoms with E-state index >= 15 is 0 Å². The Balaban J connectivity index is 2.00. The number of hydrogen-bond donors (Lipinski definition) is 1. The molecule has 7 atom stereocenters. The lowest BCUT2D eigenvalue weighted by atomic mass is 9.58. The first kappa shape index (κ1) is 32.4. The van der Waals surface area contributed by atoms with Crippen LogP contribution in [0, 0.1) is 11.8 Å². The Morgan fingerprint density at radius 2 is 1.77 bits per heavy atom. The number of fused-ring (bicyclic) bond motifs is 2. The molecule has 2 aliphatic carbocycles. The van der Waals surface area contributed by atoms with Gasteiger partial charge in [-0.2, -0.15) is 0 Å². The van der Waals surface area contributed by atoms with E-state index in [0.717, 1.165) is 0 Å². The van der Waals surface area contributed by atoms with Crippen molar-refractivity contribution in [3.05, 3.63) is 70.3 Å². The first-order valence-electron chi connectivity index (χ1n) is 14.9. The Hall–Kier alpha value is -3.56. The fourth-order valence-corrected chi connectivity index (χ4v) is 6.93. The number of carbonyl (C=O) groups excluding carboxylic acids is 4. The third-order valence-electron chi connectivity index (χ3n) is 9.31. The molecule has 1 aromatic rings. The Labute approximate surface area is 252 Å². The monoisotopic (exact) mass is 594 g/mol. The number of aliphatic hydroxyl groups is 1. The SMILES string of the molecule is C/C=C/C(=O)O[C@H]1C[C@]2(O)[C@H](C)C(=C1C)C(=O)/C(C)=C(/C)[C@@H]([C@]1(OC(C)=O)CO[C@@H]1CCC)[C@@H]2OC(=O)c1ccccc1. The van der Waals surface area contributed by atoms with Crippen molar-refractivity contribution in [3.63, 3.8) is 0 Å². The fourth-order valence-electron chi connectivity index (χ4n) is 6.93. The van der Waals surface area contributed by atoms with Crippen molar-refractivity contribution in [2.75, 3.05) is 6.61 Å². The Kier molecular flexibility index (Phi) is 9.47. The highest BCUT2D eigenvalue weighted by atomic mass is 16.6. The van der Waals surface area contributed by atoms with Crippen molar-refractivity contribution in [3.8, 4) is 0 Å². The summed E-state index contributed by atoms with van der Waals surface area (Å²) in [5.74, 6) is -3.95. The molecule has 0 unspecified atom stereocenters. The first-order chi connectivity index (χ1) is 20.3. The van der Waals surface area contributed by atoms with E-state index in [1.165, 1.54) is 19.1 Å². The van der Waals surface area contributed by atoms with Crippen LogP contribution in [0.25, 0.3) is 0 Å². The van der Waals surface area contributed by atoms with Crippen LogP contribution in [0.3, 0.4) is 0 Å². The van der Waals surface area contributed by atoms with Crippen LogP contribution in [0.4, 0.5) is 0 Å². The highest BCUT2D eigenvalue weighted by Gasteiger charge is 2.66. The van der Waals surface area contributed by atoms with Crippen LogP contribution in [-0.4, -0.2) is 64.9 Å². The van der Waals surface area contributed by atoms with Crippen molar-refractivity contribution in [2.45, 2.75) is 97.2 Å². The Morgan fingerprint density at radius 3 is 2.33 bits per heavy atom. The third-order valence-corrected chi connectivity index (χ3v) is 9.31. The van der Waals surface area contributed by atoms with Gasteiger partial charge in [-0.1, -0.05) is 50.1 Å². The molecule has 2 bridgehead atoms. The van der Waals surface area contributed by atoms with E-state index in [1.54, 1.807) is 65.0 Å². The van der Waals surface area contributed by atoms with E-state index in [4.69, 9.17) is 18.9 Å². The van der Waals surface area contributed by atoms with Crippen LogP contribution in [0.1, 0.15) is 78.1 Å². The summed E-state index contributed by atoms with van der Waals surface area (Å²) in [5, 5.41) is 12.8. The maximum absolute atomic E-state index is 14.2. The number of allylic oxidation sites excluding steroid dienone is 2. The van der Waals surface area contributed by atoms with E-state index in [-0.39, 0.29) is 24.4 Å². The summed E-state index contributed by atoms with van der Waals surface area (Å²) >= 11 is 0. The average Bonchev–Trinajstić information content (AvgIpc) is 2.96. The standard InChI is InChI=1S/C34H42O9/c1-8-13-26-34(18-40-26,43-23(7)35)29-19(3)20(4)30(37)28-21(5)25(41-27(36)14-9-2)17-33(39,22(28)6)31(29)42-32(38)24-15-11-10-12-16-24/h9-12,14-16,22,25-26,29,31,39H,8,13,17-18H2,1-7H3/b14-9+,20-19-/t22-,25+,26-,29-,31+,33+,34+/m1/s1. The fraction of sp³-hybridized carbons (Fsp3) is 0.529. The van der Waals surface area contributed by atoms with Gasteiger partial charge in [0.1, 0.15) is 23.9 Å². The predicted molar refractivity (Wildman–Crippen MR) is 158 cm³/mol. The summed E-state index contributed by atoms with van der Waals surface area (Å²) in [6.45, 7) is 11.8. The predicted octanol–water partition coefficient (Wildman–Crippen LogP) is 4.82. The van der Waals surface area contributed by atoms with Gasteiger partial charge in [-0.15, -0.1) is 0 Å². The van der Waals surface area contributed by atoms with E-state index in [0.29, 0.717) is 35.1 Å². The van der Waals surface area contributed by atoms with E-state index < -0.39 is 59.3 Å². The van der Waals surface area contributed by atoms with Crippen molar-refractivity contribution in [2.24, 2.45) is 11.8 Å². The molecule has 9 nitrogen and oxygen atoms in total. The van der Waals surface area contributed by atoms with Gasteiger partial charge in [0, 0.05) is 30.9 Å². The van der Waals surface area contributed by atoms with Gasteiger partial charge >= 0.3 is 17.9 Å². The lowest BCUT2D eigenvalue weighted by molar-refractivity contribution is -0.291. The molecule has 0 saturated carbocycles. The molecule has 1 aliphatic heterocycles. The van der Waals surface area contributed by atoms with Gasteiger partial charge in [0.15, 0.2) is 11.4 Å². The zero-order valence-corrected chi connectivity index (χ0v) is 26.0. The molecule has 232 valence electrons. The van der Waals surface area contributed by atoms with Crippen molar-refractivity contribution in [1.82, 2.24) is 0 Å². The molecular formula is C34H42O9. The van der Waals surface area contributed by atoms with Gasteiger partial charge in [-0.05, 0) is 57.4 Å². The second kappa shape index (κ2) is 12.6. The smallest absolute Gasteiger partial charge is 0.338 e. The summed E-state index contributed by atoms with van der Waals surface area (Å²) in [6.07, 6.45) is 1.05. The van der Waals surface area contributed by atoms with Gasteiger partial charge < -0.3 is 24.1 Å². The van der Waals surface area contributed by atoms with E-state index in [9.17, 15) is 24.3 Å². The van der Waals surface area contributed by atoms with Crippen LogP contribution in [0.5, 0.6) is 0 Å². The highest BCUT2D eigenvalue weighted by Crippen LogP contribution is 2.54. The Bertz CT molecular complexity index is 1370. The summed E-state index contributed by atoms with van der Waals surface area (Å²) in [5.41, 5.74) is -1.21. The van der Waals surface area contributed by atoms with Gasteiger partial charge in [0.05, 0.1) is 18.1 Å². The minimum atomic E-state index is -1.90. The van der Waals surface area contributed by atoms with Crippen LogP contribution in [0.15, 0.2) is 64.8 Å². The number of ketones is 1. The maximum Gasteiger partial charge on any atom is 0.338 e. The average molecular weight is 595 g/mol. The summed E-state index contributed by atoms with van der Waals surface area (Å²) in [4.78, 5) is 53.1. The van der Waals surface area contributed by atoms with Gasteiger partial charge in [0.25, 0.3) is 0 Å². The molecule has 1 fully saturated rings. The Morgan fingerprint density at radius 1 is 1.09 bits per heavy atom. The molecule has 0 amide bonds. The van der Waals surface area contributed by atoms with Gasteiger partial charge in [-0.3, -0.25) is 9.59 Å². The van der Waals surface area contributed by atoms with Crippen molar-refractivity contribution in [1.29, 1.82) is 0 Å². The number of hydrogen-bond acceptors (Lipinski definition) is 9. The second-order valence-electron chi connectivity index (χ2n) is 11.9. The zero-order chi connectivity index (χ0) is 31.7. The topological polar surface area (TPSA) is 125 Å². The normalized spacial score (nSPS) is 34.2. The zero-order valence-electron chi connectivity index (χ0n) is 26.0. The minimum absolute atomic E-state index is 0.00793. The molecular weight excluding hydrogens is 552 g/mol. The molecule has 0 radical (unpaired) electrons. The number of ether oxygens (including phenoxy) is 4. The summed E-state index contributed by atoms with van der Waals surface area (Å²) in [6, 6.07) is 8.40. The molecule has 4 rings (SSSR count). The highest BCUT2D eigenvalue weighted by molar-refractivity contribution is 6.09. The summed E-state index contributed by atoms with van der Waals surface area (Å²) < 4.78 is 24.1. The quantitative estimate of drug-likeness (QED) is 0.256. The van der Waals surface area contributed by atoms with Crippen molar-refractivity contribution < 1.29 is 43.2 Å². The number of benzene rings is 1. The lowest BCUT2D eigenvalue weighted by Gasteiger charge is -2.58. The van der Waals surface area contributed by atoms with Gasteiger partial charge in [-0.25, -0.2) is 9.59 Å². The maximum atomic E-state index is 14.2. The molecule has 0 spiro atoms.